The number of likely N-dealkylation sites (N-methyl/N-ethyl adjacent to an activating group) is 2. The average molecular weight is 259 g/mol. The van der Waals surface area contributed by atoms with E-state index in [0.717, 1.165) is 31.2 Å². The first-order chi connectivity index (χ1) is 8.97. The van der Waals surface area contributed by atoms with E-state index in [-0.39, 0.29) is 0 Å². The molecule has 3 heteroatoms. The van der Waals surface area contributed by atoms with Crippen LogP contribution in [0, 0.1) is 12.8 Å². The molecule has 1 heterocycles. The van der Waals surface area contributed by atoms with Gasteiger partial charge in [0.05, 0.1) is 5.69 Å². The minimum absolute atomic E-state index is 0.697. The number of guanidine groups is 1. The summed E-state index contributed by atoms with van der Waals surface area (Å²) in [4.78, 5) is 9.18. The molecule has 3 nitrogen and oxygen atoms in total. The van der Waals surface area contributed by atoms with E-state index in [1.807, 2.05) is 0 Å². The molecule has 1 fully saturated rings. The predicted molar refractivity (Wildman–Crippen MR) is 82.1 cm³/mol. The van der Waals surface area contributed by atoms with E-state index in [2.05, 4.69) is 62.9 Å². The van der Waals surface area contributed by atoms with Crippen LogP contribution in [0.3, 0.4) is 0 Å². The number of hydrogen-bond donors (Lipinski definition) is 0. The molecule has 1 aromatic carbocycles. The van der Waals surface area contributed by atoms with Crippen molar-refractivity contribution >= 4 is 11.6 Å². The minimum Gasteiger partial charge on any atom is -0.344 e. The van der Waals surface area contributed by atoms with Crippen LogP contribution in [0.4, 0.5) is 5.69 Å². The van der Waals surface area contributed by atoms with Gasteiger partial charge in [-0.3, -0.25) is 0 Å². The van der Waals surface area contributed by atoms with Crippen molar-refractivity contribution in [2.24, 2.45) is 10.9 Å². The third-order valence-electron chi connectivity index (χ3n) is 3.64. The van der Waals surface area contributed by atoms with Crippen LogP contribution in [0.15, 0.2) is 23.2 Å². The smallest absolute Gasteiger partial charge is 0.201 e. The fourth-order valence-electron chi connectivity index (χ4n) is 2.50. The lowest BCUT2D eigenvalue weighted by molar-refractivity contribution is 0.553. The molecular weight excluding hydrogens is 234 g/mol. The molecule has 2 rings (SSSR count). The Labute approximate surface area is 116 Å². The van der Waals surface area contributed by atoms with Gasteiger partial charge in [0.1, 0.15) is 0 Å². The van der Waals surface area contributed by atoms with E-state index in [0.29, 0.717) is 5.92 Å². The number of aliphatic imine (C=N–C) groups is 1. The Bertz CT molecular complexity index is 465. The molecule has 0 unspecified atom stereocenters. The summed E-state index contributed by atoms with van der Waals surface area (Å²) in [5.74, 6) is 1.76. The molecule has 0 saturated carbocycles. The number of hydrogen-bond acceptors (Lipinski definition) is 1. The summed E-state index contributed by atoms with van der Waals surface area (Å²) in [6.07, 6.45) is 1.14. The van der Waals surface area contributed by atoms with Crippen LogP contribution in [-0.2, 0) is 6.42 Å². The SMILES string of the molecule is Cc1cc(N=C2N(C)CCN2C)ccc1CC(C)C. The van der Waals surface area contributed by atoms with Crippen molar-refractivity contribution in [3.8, 4) is 0 Å². The second kappa shape index (κ2) is 5.64. The van der Waals surface area contributed by atoms with Crippen molar-refractivity contribution in [3.05, 3.63) is 29.3 Å². The zero-order valence-electron chi connectivity index (χ0n) is 12.8. The van der Waals surface area contributed by atoms with Crippen LogP contribution >= 0.6 is 0 Å². The Morgan fingerprint density at radius 1 is 1.16 bits per heavy atom. The first kappa shape index (κ1) is 13.9. The van der Waals surface area contributed by atoms with E-state index in [9.17, 15) is 0 Å². The molecule has 0 N–H and O–H groups in total. The van der Waals surface area contributed by atoms with Crippen LogP contribution in [-0.4, -0.2) is 42.9 Å². The van der Waals surface area contributed by atoms with Gasteiger partial charge >= 0.3 is 0 Å². The Hall–Kier alpha value is -1.51. The molecule has 0 aromatic heterocycles. The first-order valence-corrected chi connectivity index (χ1v) is 7.08. The van der Waals surface area contributed by atoms with E-state index in [1.165, 1.54) is 11.1 Å². The quantitative estimate of drug-likeness (QED) is 0.831. The molecule has 104 valence electrons. The Kier molecular flexibility index (Phi) is 4.13. The number of aryl methyl sites for hydroxylation is 1. The topological polar surface area (TPSA) is 18.8 Å². The Morgan fingerprint density at radius 3 is 2.32 bits per heavy atom. The van der Waals surface area contributed by atoms with Crippen molar-refractivity contribution in [3.63, 3.8) is 0 Å². The van der Waals surface area contributed by atoms with Crippen LogP contribution in [0.5, 0.6) is 0 Å². The lowest BCUT2D eigenvalue weighted by Gasteiger charge is -2.16. The summed E-state index contributed by atoms with van der Waals surface area (Å²) in [6.45, 7) is 8.81. The van der Waals surface area contributed by atoms with E-state index in [1.54, 1.807) is 0 Å². The first-order valence-electron chi connectivity index (χ1n) is 7.08. The zero-order valence-corrected chi connectivity index (χ0v) is 12.8. The fourth-order valence-corrected chi connectivity index (χ4v) is 2.50. The highest BCUT2D eigenvalue weighted by atomic mass is 15.4. The zero-order chi connectivity index (χ0) is 14.0. The monoisotopic (exact) mass is 259 g/mol. The van der Waals surface area contributed by atoms with E-state index < -0.39 is 0 Å². The molecule has 1 aliphatic heterocycles. The van der Waals surface area contributed by atoms with Crippen LogP contribution in [0.1, 0.15) is 25.0 Å². The van der Waals surface area contributed by atoms with Gasteiger partial charge < -0.3 is 9.80 Å². The third-order valence-corrected chi connectivity index (χ3v) is 3.64. The molecular formula is C16H25N3. The maximum Gasteiger partial charge on any atom is 0.201 e. The average Bonchev–Trinajstić information content (AvgIpc) is 2.64. The summed E-state index contributed by atoms with van der Waals surface area (Å²) >= 11 is 0. The minimum atomic E-state index is 0.697. The van der Waals surface area contributed by atoms with Gasteiger partial charge in [-0.15, -0.1) is 0 Å². The van der Waals surface area contributed by atoms with Gasteiger partial charge in [-0.2, -0.15) is 0 Å². The molecule has 19 heavy (non-hydrogen) atoms. The summed E-state index contributed by atoms with van der Waals surface area (Å²) in [7, 11) is 4.20. The highest BCUT2D eigenvalue weighted by molar-refractivity contribution is 5.84. The van der Waals surface area contributed by atoms with Crippen LogP contribution < -0.4 is 0 Å². The third kappa shape index (κ3) is 3.28. The molecule has 0 aliphatic carbocycles. The summed E-state index contributed by atoms with van der Waals surface area (Å²) in [5.41, 5.74) is 3.84. The van der Waals surface area contributed by atoms with Crippen molar-refractivity contribution in [2.75, 3.05) is 27.2 Å². The van der Waals surface area contributed by atoms with E-state index >= 15 is 0 Å². The van der Waals surface area contributed by atoms with Crippen molar-refractivity contribution < 1.29 is 0 Å². The second-order valence-electron chi connectivity index (χ2n) is 5.96. The van der Waals surface area contributed by atoms with Gasteiger partial charge in [0, 0.05) is 27.2 Å². The maximum absolute atomic E-state index is 4.77. The Morgan fingerprint density at radius 2 is 1.79 bits per heavy atom. The lowest BCUT2D eigenvalue weighted by atomic mass is 9.98. The number of nitrogens with zero attached hydrogens (tertiary/aromatic N) is 3. The lowest BCUT2D eigenvalue weighted by Crippen LogP contribution is -2.27. The molecule has 0 amide bonds. The van der Waals surface area contributed by atoms with Crippen molar-refractivity contribution in [2.45, 2.75) is 27.2 Å². The summed E-state index contributed by atoms with van der Waals surface area (Å²) < 4.78 is 0. The second-order valence-corrected chi connectivity index (χ2v) is 5.96. The normalized spacial score (nSPS) is 15.6. The Balaban J connectivity index is 2.23. The van der Waals surface area contributed by atoms with Crippen LogP contribution in [0.2, 0.25) is 0 Å². The maximum atomic E-state index is 4.77. The highest BCUT2D eigenvalue weighted by Crippen LogP contribution is 2.21. The van der Waals surface area contributed by atoms with Gasteiger partial charge in [0.2, 0.25) is 5.96 Å². The number of benzene rings is 1. The summed E-state index contributed by atoms with van der Waals surface area (Å²) in [6, 6.07) is 6.56. The fraction of sp³-hybridized carbons (Fsp3) is 0.562. The predicted octanol–water partition coefficient (Wildman–Crippen LogP) is 3.06. The van der Waals surface area contributed by atoms with E-state index in [4.69, 9.17) is 4.99 Å². The molecule has 0 spiro atoms. The van der Waals surface area contributed by atoms with Gasteiger partial charge in [-0.25, -0.2) is 4.99 Å². The molecule has 0 bridgehead atoms. The highest BCUT2D eigenvalue weighted by Gasteiger charge is 2.19. The van der Waals surface area contributed by atoms with Crippen LogP contribution in [0.25, 0.3) is 0 Å². The molecule has 1 saturated heterocycles. The van der Waals surface area contributed by atoms with Gasteiger partial charge in [0.15, 0.2) is 0 Å². The number of rotatable bonds is 3. The molecule has 1 aliphatic rings. The molecule has 0 atom stereocenters. The molecule has 0 radical (unpaired) electrons. The standard InChI is InChI=1S/C16H25N3/c1-12(2)10-14-6-7-15(11-13(14)3)17-16-18(4)8-9-19(16)5/h6-7,11-12H,8-10H2,1-5H3. The summed E-state index contributed by atoms with van der Waals surface area (Å²) in [5, 5.41) is 0. The van der Waals surface area contributed by atoms with Gasteiger partial charge in [0.25, 0.3) is 0 Å². The molecule has 1 aromatic rings. The van der Waals surface area contributed by atoms with Gasteiger partial charge in [-0.1, -0.05) is 19.9 Å². The van der Waals surface area contributed by atoms with Crippen molar-refractivity contribution in [1.29, 1.82) is 0 Å². The van der Waals surface area contributed by atoms with Gasteiger partial charge in [-0.05, 0) is 42.5 Å². The van der Waals surface area contributed by atoms with Crippen molar-refractivity contribution in [1.82, 2.24) is 9.80 Å². The largest absolute Gasteiger partial charge is 0.344 e.